The molecule has 2 heteroatoms. The quantitative estimate of drug-likeness (QED) is 0.847. The van der Waals surface area contributed by atoms with Gasteiger partial charge in [0, 0.05) is 18.6 Å². The van der Waals surface area contributed by atoms with E-state index in [4.69, 9.17) is 5.73 Å². The first-order valence-electron chi connectivity index (χ1n) is 8.52. The topological polar surface area (TPSA) is 29.3 Å². The van der Waals surface area contributed by atoms with E-state index in [0.29, 0.717) is 6.04 Å². The van der Waals surface area contributed by atoms with Gasteiger partial charge in [-0.3, -0.25) is 4.90 Å². The molecule has 2 N–H and O–H groups in total. The molecule has 0 aromatic rings. The minimum Gasteiger partial charge on any atom is -0.327 e. The zero-order valence-corrected chi connectivity index (χ0v) is 13.4. The molecule has 0 spiro atoms. The van der Waals surface area contributed by atoms with Crippen molar-refractivity contribution >= 4 is 0 Å². The van der Waals surface area contributed by atoms with Crippen LogP contribution in [0.2, 0.25) is 0 Å². The Morgan fingerprint density at radius 3 is 2.58 bits per heavy atom. The van der Waals surface area contributed by atoms with E-state index in [1.165, 1.54) is 45.2 Å². The highest BCUT2D eigenvalue weighted by Crippen LogP contribution is 2.38. The van der Waals surface area contributed by atoms with Gasteiger partial charge in [-0.1, -0.05) is 40.5 Å². The fourth-order valence-corrected chi connectivity index (χ4v) is 4.38. The van der Waals surface area contributed by atoms with Crippen molar-refractivity contribution in [3.8, 4) is 0 Å². The first-order valence-corrected chi connectivity index (χ1v) is 8.52. The summed E-state index contributed by atoms with van der Waals surface area (Å²) in [5.74, 6) is 3.37. The molecule has 0 radical (unpaired) electrons. The molecule has 2 aliphatic rings. The van der Waals surface area contributed by atoms with Crippen molar-refractivity contribution in [2.45, 2.75) is 71.9 Å². The lowest BCUT2D eigenvalue weighted by molar-refractivity contribution is 0.0233. The van der Waals surface area contributed by atoms with Gasteiger partial charge in [-0.15, -0.1) is 0 Å². The summed E-state index contributed by atoms with van der Waals surface area (Å²) in [6.45, 7) is 12.1. The highest BCUT2D eigenvalue weighted by Gasteiger charge is 2.37. The third kappa shape index (κ3) is 3.52. The SMILES string of the molecule is CCC1CN(C2CC(C)CCC2C(C)C)CCC1N. The van der Waals surface area contributed by atoms with Crippen LogP contribution < -0.4 is 5.73 Å². The lowest BCUT2D eigenvalue weighted by Crippen LogP contribution is -2.54. The van der Waals surface area contributed by atoms with Crippen molar-refractivity contribution in [2.75, 3.05) is 13.1 Å². The maximum absolute atomic E-state index is 6.28. The van der Waals surface area contributed by atoms with Gasteiger partial charge < -0.3 is 5.73 Å². The van der Waals surface area contributed by atoms with Crippen LogP contribution >= 0.6 is 0 Å². The molecule has 5 atom stereocenters. The third-order valence-corrected chi connectivity index (χ3v) is 5.80. The Morgan fingerprint density at radius 1 is 1.21 bits per heavy atom. The molecule has 1 heterocycles. The Labute approximate surface area is 120 Å². The Balaban J connectivity index is 2.04. The first-order chi connectivity index (χ1) is 9.02. The Hall–Kier alpha value is -0.0800. The van der Waals surface area contributed by atoms with E-state index in [2.05, 4.69) is 32.6 Å². The highest BCUT2D eigenvalue weighted by molar-refractivity contribution is 4.92. The van der Waals surface area contributed by atoms with Crippen molar-refractivity contribution in [1.82, 2.24) is 4.90 Å². The fourth-order valence-electron chi connectivity index (χ4n) is 4.38. The molecular weight excluding hydrogens is 232 g/mol. The largest absolute Gasteiger partial charge is 0.327 e. The first kappa shape index (κ1) is 15.3. The van der Waals surface area contributed by atoms with Gasteiger partial charge in [-0.25, -0.2) is 0 Å². The molecule has 1 saturated carbocycles. The van der Waals surface area contributed by atoms with E-state index in [9.17, 15) is 0 Å². The predicted octanol–water partition coefficient (Wildman–Crippen LogP) is 3.51. The lowest BCUT2D eigenvalue weighted by Gasteiger charge is -2.48. The molecule has 2 fully saturated rings. The molecular formula is C17H34N2. The average molecular weight is 266 g/mol. The van der Waals surface area contributed by atoms with Gasteiger partial charge in [0.1, 0.15) is 0 Å². The van der Waals surface area contributed by atoms with E-state index < -0.39 is 0 Å². The highest BCUT2D eigenvalue weighted by atomic mass is 15.2. The van der Waals surface area contributed by atoms with E-state index >= 15 is 0 Å². The summed E-state index contributed by atoms with van der Waals surface area (Å²) in [6.07, 6.45) is 6.72. The summed E-state index contributed by atoms with van der Waals surface area (Å²) >= 11 is 0. The average Bonchev–Trinajstić information content (AvgIpc) is 2.38. The molecule has 5 unspecified atom stereocenters. The van der Waals surface area contributed by atoms with Gasteiger partial charge in [0.25, 0.3) is 0 Å². The smallest absolute Gasteiger partial charge is 0.0129 e. The summed E-state index contributed by atoms with van der Waals surface area (Å²) in [4.78, 5) is 2.80. The molecule has 2 nitrogen and oxygen atoms in total. The Morgan fingerprint density at radius 2 is 1.95 bits per heavy atom. The molecule has 0 aromatic carbocycles. The minimum absolute atomic E-state index is 0.444. The maximum Gasteiger partial charge on any atom is 0.0129 e. The molecule has 1 aliphatic carbocycles. The summed E-state index contributed by atoms with van der Waals surface area (Å²) in [6, 6.07) is 1.27. The van der Waals surface area contributed by atoms with Crippen molar-refractivity contribution < 1.29 is 0 Å². The standard InChI is InChI=1S/C17H34N2/c1-5-14-11-19(9-8-16(14)18)17-10-13(4)6-7-15(17)12(2)3/h12-17H,5-11,18H2,1-4H3. The molecule has 1 saturated heterocycles. The van der Waals surface area contributed by atoms with Gasteiger partial charge in [0.2, 0.25) is 0 Å². The fraction of sp³-hybridized carbons (Fsp3) is 1.00. The van der Waals surface area contributed by atoms with E-state index in [0.717, 1.165) is 29.7 Å². The molecule has 19 heavy (non-hydrogen) atoms. The monoisotopic (exact) mass is 266 g/mol. The van der Waals surface area contributed by atoms with Crippen molar-refractivity contribution in [1.29, 1.82) is 0 Å². The summed E-state index contributed by atoms with van der Waals surface area (Å²) in [5.41, 5.74) is 6.28. The second kappa shape index (κ2) is 6.58. The van der Waals surface area contributed by atoms with Crippen LogP contribution in [0.4, 0.5) is 0 Å². The molecule has 0 amide bonds. The molecule has 0 bridgehead atoms. The van der Waals surface area contributed by atoms with Crippen molar-refractivity contribution in [2.24, 2.45) is 29.4 Å². The number of hydrogen-bond donors (Lipinski definition) is 1. The summed E-state index contributed by atoms with van der Waals surface area (Å²) in [7, 11) is 0. The normalized spacial score (nSPS) is 41.7. The zero-order valence-electron chi connectivity index (χ0n) is 13.4. The van der Waals surface area contributed by atoms with Gasteiger partial charge in [0.05, 0.1) is 0 Å². The molecule has 112 valence electrons. The van der Waals surface area contributed by atoms with Crippen LogP contribution in [0.15, 0.2) is 0 Å². The van der Waals surface area contributed by atoms with Crippen molar-refractivity contribution in [3.05, 3.63) is 0 Å². The van der Waals surface area contributed by atoms with E-state index in [1.54, 1.807) is 0 Å². The summed E-state index contributed by atoms with van der Waals surface area (Å²) < 4.78 is 0. The van der Waals surface area contributed by atoms with Crippen LogP contribution in [0.5, 0.6) is 0 Å². The van der Waals surface area contributed by atoms with Crippen LogP contribution in [-0.4, -0.2) is 30.1 Å². The van der Waals surface area contributed by atoms with Crippen LogP contribution in [0.1, 0.15) is 59.8 Å². The maximum atomic E-state index is 6.28. The molecule has 1 aliphatic heterocycles. The number of nitrogens with two attached hydrogens (primary N) is 1. The number of nitrogens with zero attached hydrogens (tertiary/aromatic N) is 1. The predicted molar refractivity (Wildman–Crippen MR) is 83.1 cm³/mol. The van der Waals surface area contributed by atoms with Crippen molar-refractivity contribution in [3.63, 3.8) is 0 Å². The van der Waals surface area contributed by atoms with Crippen LogP contribution in [0.3, 0.4) is 0 Å². The lowest BCUT2D eigenvalue weighted by atomic mass is 9.72. The molecule has 2 rings (SSSR count). The second-order valence-electron chi connectivity index (χ2n) is 7.51. The van der Waals surface area contributed by atoms with Gasteiger partial charge >= 0.3 is 0 Å². The van der Waals surface area contributed by atoms with Gasteiger partial charge in [0.15, 0.2) is 0 Å². The van der Waals surface area contributed by atoms with Gasteiger partial charge in [-0.05, 0) is 49.5 Å². The summed E-state index contributed by atoms with van der Waals surface area (Å²) in [5, 5.41) is 0. The third-order valence-electron chi connectivity index (χ3n) is 5.80. The number of rotatable bonds is 3. The van der Waals surface area contributed by atoms with Crippen LogP contribution in [0, 0.1) is 23.7 Å². The molecule has 0 aromatic heterocycles. The minimum atomic E-state index is 0.444. The second-order valence-corrected chi connectivity index (χ2v) is 7.51. The van der Waals surface area contributed by atoms with E-state index in [1.807, 2.05) is 0 Å². The number of hydrogen-bond acceptors (Lipinski definition) is 2. The van der Waals surface area contributed by atoms with Gasteiger partial charge in [-0.2, -0.15) is 0 Å². The number of piperidine rings is 1. The zero-order chi connectivity index (χ0) is 14.0. The number of likely N-dealkylation sites (tertiary alicyclic amines) is 1. The van der Waals surface area contributed by atoms with Crippen LogP contribution in [-0.2, 0) is 0 Å². The Bertz CT molecular complexity index is 276. The van der Waals surface area contributed by atoms with Crippen LogP contribution in [0.25, 0.3) is 0 Å². The Kier molecular flexibility index (Phi) is 5.30. The van der Waals surface area contributed by atoms with E-state index in [-0.39, 0.29) is 0 Å².